The van der Waals surface area contributed by atoms with Crippen LogP contribution in [-0.2, 0) is 14.3 Å². The molecule has 0 spiro atoms. The van der Waals surface area contributed by atoms with E-state index in [0.29, 0.717) is 6.42 Å². The quantitative estimate of drug-likeness (QED) is 0.828. The van der Waals surface area contributed by atoms with Crippen LogP contribution in [0.3, 0.4) is 0 Å². The summed E-state index contributed by atoms with van der Waals surface area (Å²) in [4.78, 5) is 36.5. The zero-order valence-electron chi connectivity index (χ0n) is 12.7. The Morgan fingerprint density at radius 1 is 1.55 bits per heavy atom. The molecule has 0 radical (unpaired) electrons. The molecule has 1 aromatic rings. The summed E-state index contributed by atoms with van der Waals surface area (Å²) in [5, 5.41) is 0. The van der Waals surface area contributed by atoms with Crippen molar-refractivity contribution in [3.05, 3.63) is 33.1 Å². The Morgan fingerprint density at radius 3 is 2.73 bits per heavy atom. The van der Waals surface area contributed by atoms with E-state index >= 15 is 0 Å². The second kappa shape index (κ2) is 6.04. The Hall–Kier alpha value is -1.96. The van der Waals surface area contributed by atoms with E-state index < -0.39 is 47.7 Å². The third kappa shape index (κ3) is 2.70. The van der Waals surface area contributed by atoms with E-state index in [-0.39, 0.29) is 0 Å². The van der Waals surface area contributed by atoms with Gasteiger partial charge in [-0.05, 0) is 6.42 Å². The summed E-state index contributed by atoms with van der Waals surface area (Å²) in [6.07, 6.45) is -0.202. The largest absolute Gasteiger partial charge is 0.457 e. The van der Waals surface area contributed by atoms with Crippen LogP contribution < -0.4 is 11.2 Å². The number of aromatic amines is 1. The first-order chi connectivity index (χ1) is 10.3. The van der Waals surface area contributed by atoms with Gasteiger partial charge in [-0.1, -0.05) is 13.8 Å². The summed E-state index contributed by atoms with van der Waals surface area (Å²) < 4.78 is 25.7. The number of nitrogens with one attached hydrogen (secondary N) is 1. The zero-order valence-corrected chi connectivity index (χ0v) is 12.7. The number of nitrogens with zero attached hydrogens (tertiary/aromatic N) is 1. The molecule has 0 amide bonds. The number of H-pyrrole nitrogens is 1. The van der Waals surface area contributed by atoms with Crippen LogP contribution >= 0.6 is 0 Å². The van der Waals surface area contributed by atoms with Crippen LogP contribution in [0.25, 0.3) is 0 Å². The number of alkyl halides is 1. The highest BCUT2D eigenvalue weighted by molar-refractivity contribution is 5.66. The number of hydrogen-bond acceptors (Lipinski definition) is 5. The number of aromatic nitrogens is 2. The molecule has 0 bridgehead atoms. The first-order valence-electron chi connectivity index (χ1n) is 7.07. The summed E-state index contributed by atoms with van der Waals surface area (Å²) in [5.74, 6) is -0.996. The van der Waals surface area contributed by atoms with Gasteiger partial charge in [0.05, 0.1) is 0 Å². The fraction of sp³-hybridized carbons (Fsp3) is 0.643. The molecular formula is C14H19FN2O5. The van der Waals surface area contributed by atoms with Gasteiger partial charge >= 0.3 is 11.7 Å². The highest BCUT2D eigenvalue weighted by Gasteiger charge is 2.54. The summed E-state index contributed by atoms with van der Waals surface area (Å²) in [6, 6.07) is 1.15. The number of ether oxygens (including phenoxy) is 2. The molecule has 122 valence electrons. The van der Waals surface area contributed by atoms with Crippen LogP contribution in [0.2, 0.25) is 0 Å². The second-order valence-electron chi connectivity index (χ2n) is 5.44. The topological polar surface area (TPSA) is 90.4 Å². The van der Waals surface area contributed by atoms with Crippen LogP contribution in [0.5, 0.6) is 0 Å². The number of esters is 1. The van der Waals surface area contributed by atoms with Crippen molar-refractivity contribution in [2.45, 2.75) is 45.1 Å². The van der Waals surface area contributed by atoms with Crippen LogP contribution in [-0.4, -0.2) is 33.9 Å². The number of halogens is 1. The summed E-state index contributed by atoms with van der Waals surface area (Å²) >= 11 is 0. The Balaban J connectivity index is 2.49. The molecule has 1 aromatic heterocycles. The zero-order chi connectivity index (χ0) is 16.5. The standard InChI is InChI=1S/C14H19FN2O5/c1-4-14(7-15)8(2)11(21-9(3)18)12(22-14)17-6-5-10(19)16-13(17)20/h5-6,8,11-12H,4,7H2,1-3H3,(H,16,19,20)/t8-,11+,12+,14-/m0/s1. The molecular weight excluding hydrogens is 295 g/mol. The van der Waals surface area contributed by atoms with Crippen LogP contribution in [0.15, 0.2) is 21.9 Å². The van der Waals surface area contributed by atoms with Crippen molar-refractivity contribution >= 4 is 5.97 Å². The van der Waals surface area contributed by atoms with Gasteiger partial charge in [0.1, 0.15) is 12.3 Å². The molecule has 0 aromatic carbocycles. The fourth-order valence-electron chi connectivity index (χ4n) is 2.81. The van der Waals surface area contributed by atoms with Crippen molar-refractivity contribution in [3.63, 3.8) is 0 Å². The molecule has 0 unspecified atom stereocenters. The molecule has 1 aliphatic rings. The number of rotatable bonds is 4. The second-order valence-corrected chi connectivity index (χ2v) is 5.44. The molecule has 2 heterocycles. The van der Waals surface area contributed by atoms with Gasteiger partial charge in [0.25, 0.3) is 5.56 Å². The van der Waals surface area contributed by atoms with Crippen molar-refractivity contribution in [1.82, 2.24) is 9.55 Å². The van der Waals surface area contributed by atoms with Gasteiger partial charge in [-0.3, -0.25) is 19.1 Å². The van der Waals surface area contributed by atoms with Crippen LogP contribution in [0.4, 0.5) is 4.39 Å². The van der Waals surface area contributed by atoms with Crippen molar-refractivity contribution in [2.75, 3.05) is 6.67 Å². The molecule has 1 fully saturated rings. The summed E-state index contributed by atoms with van der Waals surface area (Å²) in [5.41, 5.74) is -2.39. The molecule has 0 aliphatic carbocycles. The lowest BCUT2D eigenvalue weighted by Gasteiger charge is -2.28. The van der Waals surface area contributed by atoms with Crippen molar-refractivity contribution < 1.29 is 18.7 Å². The average molecular weight is 314 g/mol. The lowest BCUT2D eigenvalue weighted by atomic mass is 9.86. The van der Waals surface area contributed by atoms with E-state index in [1.807, 2.05) is 0 Å². The van der Waals surface area contributed by atoms with Gasteiger partial charge in [-0.25, -0.2) is 9.18 Å². The minimum absolute atomic E-state index is 0.358. The normalized spacial score (nSPS) is 31.2. The Bertz CT molecular complexity index is 664. The highest BCUT2D eigenvalue weighted by Crippen LogP contribution is 2.44. The van der Waals surface area contributed by atoms with Gasteiger partial charge in [0.2, 0.25) is 0 Å². The SMILES string of the molecule is CC[C@@]1(CF)O[C@@H](n2ccc(=O)[nH]c2=O)[C@H](OC(C)=O)[C@@H]1C. The Labute approximate surface area is 126 Å². The molecule has 4 atom stereocenters. The van der Waals surface area contributed by atoms with E-state index in [4.69, 9.17) is 9.47 Å². The van der Waals surface area contributed by atoms with Crippen molar-refractivity contribution in [1.29, 1.82) is 0 Å². The van der Waals surface area contributed by atoms with Gasteiger partial charge in [-0.15, -0.1) is 0 Å². The third-order valence-electron chi connectivity index (χ3n) is 4.21. The summed E-state index contributed by atoms with van der Waals surface area (Å²) in [7, 11) is 0. The van der Waals surface area contributed by atoms with Crippen molar-refractivity contribution in [3.8, 4) is 0 Å². The Morgan fingerprint density at radius 2 is 2.23 bits per heavy atom. The van der Waals surface area contributed by atoms with Gasteiger partial charge in [-0.2, -0.15) is 0 Å². The first-order valence-corrected chi connectivity index (χ1v) is 7.07. The molecule has 7 nitrogen and oxygen atoms in total. The fourth-order valence-corrected chi connectivity index (χ4v) is 2.81. The smallest absolute Gasteiger partial charge is 0.330 e. The lowest BCUT2D eigenvalue weighted by Crippen LogP contribution is -2.39. The molecule has 0 saturated carbocycles. The predicted molar refractivity (Wildman–Crippen MR) is 75.2 cm³/mol. The minimum Gasteiger partial charge on any atom is -0.457 e. The molecule has 2 rings (SSSR count). The monoisotopic (exact) mass is 314 g/mol. The highest BCUT2D eigenvalue weighted by atomic mass is 19.1. The number of carbonyl (C=O) groups excluding carboxylic acids is 1. The lowest BCUT2D eigenvalue weighted by molar-refractivity contribution is -0.155. The van der Waals surface area contributed by atoms with Gasteiger partial charge < -0.3 is 9.47 Å². The maximum atomic E-state index is 13.6. The summed E-state index contributed by atoms with van der Waals surface area (Å²) in [6.45, 7) is 3.95. The Kier molecular flexibility index (Phi) is 4.50. The molecule has 1 aliphatic heterocycles. The van der Waals surface area contributed by atoms with Crippen molar-refractivity contribution in [2.24, 2.45) is 5.92 Å². The first kappa shape index (κ1) is 16.4. The van der Waals surface area contributed by atoms with Gasteiger partial charge in [0.15, 0.2) is 12.3 Å². The molecule has 22 heavy (non-hydrogen) atoms. The van der Waals surface area contributed by atoms with E-state index in [1.54, 1.807) is 13.8 Å². The predicted octanol–water partition coefficient (Wildman–Crippen LogP) is 0.751. The van der Waals surface area contributed by atoms with Crippen LogP contribution in [0, 0.1) is 5.92 Å². The molecule has 1 saturated heterocycles. The van der Waals surface area contributed by atoms with E-state index in [1.165, 1.54) is 13.1 Å². The number of carbonyl (C=O) groups is 1. The minimum atomic E-state index is -1.14. The number of hydrogen-bond donors (Lipinski definition) is 1. The molecule has 8 heteroatoms. The van der Waals surface area contributed by atoms with E-state index in [0.717, 1.165) is 10.6 Å². The average Bonchev–Trinajstić information content (AvgIpc) is 2.73. The van der Waals surface area contributed by atoms with E-state index in [2.05, 4.69) is 4.98 Å². The third-order valence-corrected chi connectivity index (χ3v) is 4.21. The van der Waals surface area contributed by atoms with E-state index in [9.17, 15) is 18.8 Å². The van der Waals surface area contributed by atoms with Gasteiger partial charge in [0, 0.05) is 25.1 Å². The maximum absolute atomic E-state index is 13.6. The maximum Gasteiger partial charge on any atom is 0.330 e. The molecule has 1 N–H and O–H groups in total. The van der Waals surface area contributed by atoms with Crippen LogP contribution in [0.1, 0.15) is 33.4 Å².